The third kappa shape index (κ3) is 4.58. The first kappa shape index (κ1) is 9.83. The number of hydrogen-bond acceptors (Lipinski definition) is 0. The van der Waals surface area contributed by atoms with Gasteiger partial charge in [0.1, 0.15) is 0 Å². The van der Waals surface area contributed by atoms with Gasteiger partial charge in [0.2, 0.25) is 0 Å². The lowest BCUT2D eigenvalue weighted by Gasteiger charge is -2.07. The molecular weight excluding hydrogens is 144 g/mol. The highest BCUT2D eigenvalue weighted by atomic mass is 14.2. The summed E-state index contributed by atoms with van der Waals surface area (Å²) in [5, 5.41) is 0. The van der Waals surface area contributed by atoms with Crippen LogP contribution in [0.3, 0.4) is 0 Å². The number of allylic oxidation sites excluding steroid dienone is 2. The highest BCUT2D eigenvalue weighted by Gasteiger charge is 2.09. The predicted molar refractivity (Wildman–Crippen MR) is 55.2 cm³/mol. The van der Waals surface area contributed by atoms with Crippen molar-refractivity contribution in [2.24, 2.45) is 5.92 Å². The Morgan fingerprint density at radius 2 is 2.08 bits per heavy atom. The molecule has 1 aliphatic rings. The number of unbranched alkanes of at least 4 members (excludes halogenated alkanes) is 1. The van der Waals surface area contributed by atoms with Crippen LogP contribution in [0.4, 0.5) is 0 Å². The van der Waals surface area contributed by atoms with Crippen LogP contribution in [0.25, 0.3) is 0 Å². The summed E-state index contributed by atoms with van der Waals surface area (Å²) in [6.45, 7) is 4.67. The molecule has 0 heteroatoms. The van der Waals surface area contributed by atoms with Crippen molar-refractivity contribution in [3.63, 3.8) is 0 Å². The Bertz CT molecular complexity index is 138. The van der Waals surface area contributed by atoms with E-state index < -0.39 is 0 Å². The topological polar surface area (TPSA) is 0 Å². The van der Waals surface area contributed by atoms with Gasteiger partial charge in [-0.2, -0.15) is 0 Å². The van der Waals surface area contributed by atoms with E-state index in [1.54, 1.807) is 5.57 Å². The van der Waals surface area contributed by atoms with E-state index in [2.05, 4.69) is 19.9 Å². The number of hydrogen-bond donors (Lipinski definition) is 0. The minimum absolute atomic E-state index is 0.945. The summed E-state index contributed by atoms with van der Waals surface area (Å²) >= 11 is 0. The Hall–Kier alpha value is -0.260. The first-order chi connectivity index (χ1) is 5.83. The highest BCUT2D eigenvalue weighted by Crippen LogP contribution is 2.28. The third-order valence-electron chi connectivity index (χ3n) is 2.68. The van der Waals surface area contributed by atoms with Crippen LogP contribution in [0.2, 0.25) is 0 Å². The van der Waals surface area contributed by atoms with Gasteiger partial charge in [-0.25, -0.2) is 0 Å². The molecule has 1 unspecified atom stereocenters. The fourth-order valence-electron chi connectivity index (χ4n) is 1.55. The van der Waals surface area contributed by atoms with Crippen LogP contribution in [-0.4, -0.2) is 0 Å². The van der Waals surface area contributed by atoms with Crippen molar-refractivity contribution in [1.29, 1.82) is 0 Å². The second-order valence-electron chi connectivity index (χ2n) is 4.19. The van der Waals surface area contributed by atoms with Crippen molar-refractivity contribution >= 4 is 0 Å². The zero-order valence-electron chi connectivity index (χ0n) is 8.60. The van der Waals surface area contributed by atoms with Crippen molar-refractivity contribution in [2.45, 2.75) is 58.8 Å². The molecule has 0 nitrogen and oxygen atoms in total. The average molecular weight is 166 g/mol. The molecule has 0 spiro atoms. The van der Waals surface area contributed by atoms with Crippen LogP contribution in [0.15, 0.2) is 11.6 Å². The lowest BCUT2D eigenvalue weighted by molar-refractivity contribution is 0.475. The van der Waals surface area contributed by atoms with E-state index in [-0.39, 0.29) is 0 Å². The van der Waals surface area contributed by atoms with Gasteiger partial charge >= 0.3 is 0 Å². The first-order valence-electron chi connectivity index (χ1n) is 5.50. The maximum Gasteiger partial charge on any atom is -0.0283 e. The Labute approximate surface area is 77.1 Å². The second-order valence-corrected chi connectivity index (χ2v) is 4.19. The molecule has 0 heterocycles. The molecule has 0 saturated heterocycles. The van der Waals surface area contributed by atoms with Crippen LogP contribution in [0.1, 0.15) is 58.8 Å². The summed E-state index contributed by atoms with van der Waals surface area (Å²) < 4.78 is 0. The molecule has 0 aromatic heterocycles. The van der Waals surface area contributed by atoms with E-state index >= 15 is 0 Å². The van der Waals surface area contributed by atoms with Gasteiger partial charge in [0.15, 0.2) is 0 Å². The summed E-state index contributed by atoms with van der Waals surface area (Å²) in [6, 6.07) is 0. The summed E-state index contributed by atoms with van der Waals surface area (Å²) in [7, 11) is 0. The molecule has 1 rings (SSSR count). The van der Waals surface area contributed by atoms with E-state index in [0.29, 0.717) is 0 Å². The molecule has 1 atom stereocenters. The zero-order valence-corrected chi connectivity index (χ0v) is 8.60. The molecule has 0 aromatic rings. The van der Waals surface area contributed by atoms with Gasteiger partial charge in [-0.1, -0.05) is 44.8 Å². The maximum absolute atomic E-state index is 2.46. The van der Waals surface area contributed by atoms with Crippen LogP contribution in [0.5, 0.6) is 0 Å². The van der Waals surface area contributed by atoms with E-state index in [1.807, 2.05) is 0 Å². The van der Waals surface area contributed by atoms with Gasteiger partial charge in [0.05, 0.1) is 0 Å². The van der Waals surface area contributed by atoms with Crippen molar-refractivity contribution < 1.29 is 0 Å². The molecule has 70 valence electrons. The molecule has 0 aliphatic heterocycles. The van der Waals surface area contributed by atoms with E-state index in [0.717, 1.165) is 5.92 Å². The molecule has 0 N–H and O–H groups in total. The van der Waals surface area contributed by atoms with Gasteiger partial charge in [-0.3, -0.25) is 0 Å². The largest absolute Gasteiger partial charge is 0.0853 e. The van der Waals surface area contributed by atoms with Gasteiger partial charge in [0.25, 0.3) is 0 Å². The average Bonchev–Trinajstić information content (AvgIpc) is 2.84. The predicted octanol–water partition coefficient (Wildman–Crippen LogP) is 4.31. The second kappa shape index (κ2) is 5.40. The Balaban J connectivity index is 1.93. The van der Waals surface area contributed by atoms with E-state index in [1.165, 1.54) is 44.9 Å². The SMILES string of the molecule is CCCCC(C)CCC=C1CC1. The molecule has 1 fully saturated rings. The van der Waals surface area contributed by atoms with Crippen LogP contribution < -0.4 is 0 Å². The molecule has 1 aliphatic carbocycles. The number of rotatable bonds is 6. The van der Waals surface area contributed by atoms with Crippen molar-refractivity contribution in [3.8, 4) is 0 Å². The zero-order chi connectivity index (χ0) is 8.81. The standard InChI is InChI=1S/C12H22/c1-3-4-6-11(2)7-5-8-12-9-10-12/h8,11H,3-7,9-10H2,1-2H3. The minimum Gasteiger partial charge on any atom is -0.0853 e. The minimum atomic E-state index is 0.945. The normalized spacial score (nSPS) is 17.7. The Kier molecular flexibility index (Phi) is 4.42. The van der Waals surface area contributed by atoms with Crippen LogP contribution >= 0.6 is 0 Å². The lowest BCUT2D eigenvalue weighted by Crippen LogP contribution is -1.92. The smallest absolute Gasteiger partial charge is 0.0283 e. The monoisotopic (exact) mass is 166 g/mol. The molecule has 12 heavy (non-hydrogen) atoms. The van der Waals surface area contributed by atoms with E-state index in [4.69, 9.17) is 0 Å². The molecular formula is C12H22. The molecule has 0 bridgehead atoms. The Morgan fingerprint density at radius 1 is 1.33 bits per heavy atom. The Morgan fingerprint density at radius 3 is 2.67 bits per heavy atom. The molecule has 0 amide bonds. The van der Waals surface area contributed by atoms with Crippen LogP contribution in [0, 0.1) is 5.92 Å². The lowest BCUT2D eigenvalue weighted by atomic mass is 9.99. The maximum atomic E-state index is 2.46. The summed E-state index contributed by atoms with van der Waals surface area (Å²) in [6.07, 6.45) is 12.2. The van der Waals surface area contributed by atoms with E-state index in [9.17, 15) is 0 Å². The van der Waals surface area contributed by atoms with Crippen molar-refractivity contribution in [1.82, 2.24) is 0 Å². The van der Waals surface area contributed by atoms with Gasteiger partial charge in [-0.05, 0) is 31.6 Å². The molecule has 1 saturated carbocycles. The summed E-state index contributed by atoms with van der Waals surface area (Å²) in [5.41, 5.74) is 1.71. The van der Waals surface area contributed by atoms with Crippen molar-refractivity contribution in [2.75, 3.05) is 0 Å². The van der Waals surface area contributed by atoms with Crippen molar-refractivity contribution in [3.05, 3.63) is 11.6 Å². The highest BCUT2D eigenvalue weighted by molar-refractivity contribution is 5.15. The first-order valence-corrected chi connectivity index (χ1v) is 5.50. The summed E-state index contributed by atoms with van der Waals surface area (Å²) in [5.74, 6) is 0.945. The third-order valence-corrected chi connectivity index (χ3v) is 2.68. The fourth-order valence-corrected chi connectivity index (χ4v) is 1.55. The van der Waals surface area contributed by atoms with Gasteiger partial charge in [-0.15, -0.1) is 0 Å². The quantitative estimate of drug-likeness (QED) is 0.516. The van der Waals surface area contributed by atoms with Gasteiger partial charge in [0, 0.05) is 0 Å². The fraction of sp³-hybridized carbons (Fsp3) is 0.833. The molecule has 0 aromatic carbocycles. The van der Waals surface area contributed by atoms with Gasteiger partial charge < -0.3 is 0 Å². The van der Waals surface area contributed by atoms with Crippen LogP contribution in [-0.2, 0) is 0 Å². The summed E-state index contributed by atoms with van der Waals surface area (Å²) in [4.78, 5) is 0. The molecule has 0 radical (unpaired) electrons.